The number of esters is 1. The Kier molecular flexibility index (Phi) is 4.09. The number of hydrogen-bond acceptors (Lipinski definition) is 4. The Morgan fingerprint density at radius 3 is 2.36 bits per heavy atom. The minimum Gasteiger partial charge on any atom is -0.463 e. The molecular formula is C6H5ClF3NO3. The maximum Gasteiger partial charge on any atom is 0.439 e. The minimum atomic E-state index is -5.21. The average molecular weight is 232 g/mol. The Morgan fingerprint density at radius 2 is 2.07 bits per heavy atom. The van der Waals surface area contributed by atoms with E-state index in [2.05, 4.69) is 9.73 Å². The molecule has 0 spiro atoms. The SMILES string of the molecule is CCOC(=O)C(Cl)(N=C=O)C(F)(F)F. The molecule has 0 aromatic heterocycles. The molecule has 0 saturated carbocycles. The molecule has 80 valence electrons. The highest BCUT2D eigenvalue weighted by Gasteiger charge is 2.62. The summed E-state index contributed by atoms with van der Waals surface area (Å²) >= 11 is 4.82. The second-order valence-corrected chi connectivity index (χ2v) is 2.59. The molecule has 8 heteroatoms. The van der Waals surface area contributed by atoms with Gasteiger partial charge in [0.2, 0.25) is 6.08 Å². The first-order chi connectivity index (χ1) is 6.29. The number of hydrogen-bond donors (Lipinski definition) is 0. The lowest BCUT2D eigenvalue weighted by atomic mass is 10.3. The van der Waals surface area contributed by atoms with Gasteiger partial charge in [0.15, 0.2) is 0 Å². The van der Waals surface area contributed by atoms with Gasteiger partial charge in [0.05, 0.1) is 6.61 Å². The Labute approximate surface area is 81.7 Å². The van der Waals surface area contributed by atoms with Crippen molar-refractivity contribution in [3.05, 3.63) is 0 Å². The van der Waals surface area contributed by atoms with Gasteiger partial charge >= 0.3 is 17.1 Å². The first-order valence-corrected chi connectivity index (χ1v) is 3.69. The van der Waals surface area contributed by atoms with Crippen molar-refractivity contribution in [2.75, 3.05) is 6.61 Å². The zero-order chi connectivity index (χ0) is 11.4. The zero-order valence-corrected chi connectivity index (χ0v) is 7.65. The summed E-state index contributed by atoms with van der Waals surface area (Å²) in [6.45, 7) is 0.980. The molecule has 0 bridgehead atoms. The van der Waals surface area contributed by atoms with E-state index in [1.165, 1.54) is 6.92 Å². The smallest absolute Gasteiger partial charge is 0.439 e. The van der Waals surface area contributed by atoms with E-state index in [9.17, 15) is 22.8 Å². The van der Waals surface area contributed by atoms with Gasteiger partial charge in [-0.3, -0.25) is 0 Å². The fraction of sp³-hybridized carbons (Fsp3) is 0.667. The molecule has 0 rings (SSSR count). The Morgan fingerprint density at radius 1 is 1.57 bits per heavy atom. The maximum atomic E-state index is 12.2. The lowest BCUT2D eigenvalue weighted by Crippen LogP contribution is -2.46. The van der Waals surface area contributed by atoms with Crippen LogP contribution in [0.5, 0.6) is 0 Å². The number of nitrogens with zero attached hydrogens (tertiary/aromatic N) is 1. The van der Waals surface area contributed by atoms with Gasteiger partial charge in [-0.2, -0.15) is 18.2 Å². The quantitative estimate of drug-likeness (QED) is 0.242. The Hall–Kier alpha value is -1.07. The van der Waals surface area contributed by atoms with Crippen molar-refractivity contribution >= 4 is 23.7 Å². The summed E-state index contributed by atoms with van der Waals surface area (Å²) in [5, 5.41) is 0. The molecule has 0 aliphatic heterocycles. The van der Waals surface area contributed by atoms with Crippen LogP contribution < -0.4 is 0 Å². The number of carbonyl (C=O) groups is 1. The van der Waals surface area contributed by atoms with Gasteiger partial charge in [-0.15, -0.1) is 0 Å². The molecule has 0 aliphatic rings. The highest BCUT2D eigenvalue weighted by Crippen LogP contribution is 2.38. The largest absolute Gasteiger partial charge is 0.463 e. The summed E-state index contributed by atoms with van der Waals surface area (Å²) in [7, 11) is 0. The number of carbonyl (C=O) groups excluding carboxylic acids is 2. The molecule has 1 atom stereocenters. The van der Waals surface area contributed by atoms with Crippen LogP contribution in [0.25, 0.3) is 0 Å². The van der Waals surface area contributed by atoms with Gasteiger partial charge in [-0.05, 0) is 6.92 Å². The number of aliphatic imine (C=N–C) groups is 1. The predicted molar refractivity (Wildman–Crippen MR) is 39.4 cm³/mol. The van der Waals surface area contributed by atoms with Gasteiger partial charge in [0.25, 0.3) is 0 Å². The van der Waals surface area contributed by atoms with Crippen molar-refractivity contribution in [3.8, 4) is 0 Å². The third kappa shape index (κ3) is 2.46. The number of rotatable bonds is 3. The molecule has 4 nitrogen and oxygen atoms in total. The molecule has 0 radical (unpaired) electrons. The summed E-state index contributed by atoms with van der Waals surface area (Å²) in [6, 6.07) is 0. The summed E-state index contributed by atoms with van der Waals surface area (Å²) in [5.41, 5.74) is 0. The van der Waals surface area contributed by atoms with Crippen LogP contribution in [0.3, 0.4) is 0 Å². The van der Waals surface area contributed by atoms with Crippen molar-refractivity contribution in [3.63, 3.8) is 0 Å². The average Bonchev–Trinajstić information content (AvgIpc) is 2.03. The van der Waals surface area contributed by atoms with E-state index in [4.69, 9.17) is 11.6 Å². The molecule has 0 N–H and O–H groups in total. The van der Waals surface area contributed by atoms with Crippen molar-refractivity contribution in [1.29, 1.82) is 0 Å². The lowest BCUT2D eigenvalue weighted by molar-refractivity contribution is -0.187. The molecule has 0 amide bonds. The molecule has 0 aliphatic carbocycles. The van der Waals surface area contributed by atoms with Crippen molar-refractivity contribution in [2.45, 2.75) is 18.1 Å². The minimum absolute atomic E-state index is 0.308. The van der Waals surface area contributed by atoms with Crippen LogP contribution in [0.15, 0.2) is 4.99 Å². The molecule has 0 aromatic carbocycles. The van der Waals surface area contributed by atoms with Gasteiger partial charge < -0.3 is 4.74 Å². The topological polar surface area (TPSA) is 55.7 Å². The van der Waals surface area contributed by atoms with Crippen LogP contribution in [0, 0.1) is 0 Å². The van der Waals surface area contributed by atoms with Crippen LogP contribution in [-0.2, 0) is 14.3 Å². The summed E-state index contributed by atoms with van der Waals surface area (Å²) in [4.78, 5) is 19.0. The van der Waals surface area contributed by atoms with E-state index in [1.54, 1.807) is 0 Å². The number of halogens is 4. The third-order valence-electron chi connectivity index (χ3n) is 1.12. The number of isocyanates is 1. The van der Waals surface area contributed by atoms with E-state index in [0.29, 0.717) is 6.08 Å². The highest BCUT2D eigenvalue weighted by atomic mass is 35.5. The van der Waals surface area contributed by atoms with Crippen LogP contribution in [0.2, 0.25) is 0 Å². The van der Waals surface area contributed by atoms with Crippen molar-refractivity contribution in [2.24, 2.45) is 4.99 Å². The van der Waals surface area contributed by atoms with Crippen LogP contribution >= 0.6 is 11.6 Å². The van der Waals surface area contributed by atoms with Gasteiger partial charge in [0.1, 0.15) is 0 Å². The van der Waals surface area contributed by atoms with E-state index in [-0.39, 0.29) is 6.61 Å². The second kappa shape index (κ2) is 4.43. The van der Waals surface area contributed by atoms with Gasteiger partial charge in [0, 0.05) is 0 Å². The maximum absolute atomic E-state index is 12.2. The summed E-state index contributed by atoms with van der Waals surface area (Å²) in [5.74, 6) is -1.85. The molecule has 0 aromatic rings. The van der Waals surface area contributed by atoms with E-state index < -0.39 is 17.1 Å². The molecule has 0 fully saturated rings. The number of alkyl halides is 4. The van der Waals surface area contributed by atoms with Crippen LogP contribution in [0.4, 0.5) is 13.2 Å². The molecule has 14 heavy (non-hydrogen) atoms. The monoisotopic (exact) mass is 231 g/mol. The molecule has 0 saturated heterocycles. The van der Waals surface area contributed by atoms with E-state index in [1.807, 2.05) is 0 Å². The van der Waals surface area contributed by atoms with Gasteiger partial charge in [-0.1, -0.05) is 11.6 Å². The second-order valence-electron chi connectivity index (χ2n) is 2.04. The molecule has 1 unspecified atom stereocenters. The van der Waals surface area contributed by atoms with Crippen molar-refractivity contribution in [1.82, 2.24) is 0 Å². The Balaban J connectivity index is 5.10. The first-order valence-electron chi connectivity index (χ1n) is 3.31. The summed E-state index contributed by atoms with van der Waals surface area (Å²) in [6.07, 6.45) is -4.63. The zero-order valence-electron chi connectivity index (χ0n) is 6.89. The lowest BCUT2D eigenvalue weighted by Gasteiger charge is -2.21. The van der Waals surface area contributed by atoms with E-state index in [0.717, 1.165) is 0 Å². The molecule has 0 heterocycles. The van der Waals surface area contributed by atoms with Gasteiger partial charge in [-0.25, -0.2) is 9.59 Å². The first kappa shape index (κ1) is 12.9. The molecular weight excluding hydrogens is 227 g/mol. The summed E-state index contributed by atoms with van der Waals surface area (Å²) < 4.78 is 40.5. The van der Waals surface area contributed by atoms with Crippen molar-refractivity contribution < 1.29 is 27.5 Å². The van der Waals surface area contributed by atoms with Crippen LogP contribution in [-0.4, -0.2) is 29.8 Å². The fourth-order valence-corrected chi connectivity index (χ4v) is 0.603. The standard InChI is InChI=1S/C6H5ClF3NO3/c1-2-14-4(13)5(7,11-3-12)6(8,9)10/h2H2,1H3. The fourth-order valence-electron chi connectivity index (χ4n) is 0.514. The highest BCUT2D eigenvalue weighted by molar-refractivity contribution is 6.34. The van der Waals surface area contributed by atoms with Crippen LogP contribution in [0.1, 0.15) is 6.92 Å². The van der Waals surface area contributed by atoms with E-state index >= 15 is 0 Å². The third-order valence-corrected chi connectivity index (χ3v) is 1.57. The predicted octanol–water partition coefficient (Wildman–Crippen LogP) is 1.38. The Bertz CT molecular complexity index is 274. The normalized spacial score (nSPS) is 15.2. The number of ether oxygens (including phenoxy) is 1.